The molecule has 0 aliphatic heterocycles. The summed E-state index contributed by atoms with van der Waals surface area (Å²) < 4.78 is 9.55. The minimum atomic E-state index is -0.768. The van der Waals surface area contributed by atoms with Crippen LogP contribution in [-0.2, 0) is 9.53 Å². The number of nitro groups is 1. The van der Waals surface area contributed by atoms with Crippen molar-refractivity contribution >= 4 is 17.3 Å². The summed E-state index contributed by atoms with van der Waals surface area (Å²) in [6.45, 7) is 1.76. The van der Waals surface area contributed by atoms with Crippen LogP contribution in [0.1, 0.15) is 6.92 Å². The van der Waals surface area contributed by atoms with Crippen molar-refractivity contribution in [2.24, 2.45) is 0 Å². The Morgan fingerprint density at radius 1 is 1.57 bits per heavy atom. The molecule has 0 heterocycles. The van der Waals surface area contributed by atoms with Crippen molar-refractivity contribution in [2.45, 2.75) is 6.92 Å². The molecule has 21 heavy (non-hydrogen) atoms. The van der Waals surface area contributed by atoms with E-state index >= 15 is 0 Å². The molecule has 1 aromatic rings. The number of nitro benzene ring substituents is 1. The lowest BCUT2D eigenvalue weighted by Gasteiger charge is -2.05. The first-order valence-electron chi connectivity index (χ1n) is 5.89. The lowest BCUT2D eigenvalue weighted by atomic mass is 10.2. The van der Waals surface area contributed by atoms with Gasteiger partial charge in [-0.2, -0.15) is 5.26 Å². The summed E-state index contributed by atoms with van der Waals surface area (Å²) >= 11 is 0. The average molecular weight is 291 g/mol. The molecule has 0 saturated carbocycles. The van der Waals surface area contributed by atoms with E-state index in [1.807, 2.05) is 0 Å². The Balaban J connectivity index is 2.98. The molecular weight excluding hydrogens is 278 g/mol. The average Bonchev–Trinajstić information content (AvgIpc) is 2.47. The van der Waals surface area contributed by atoms with E-state index in [-0.39, 0.29) is 23.6 Å². The number of methoxy groups -OCH3 is 1. The number of rotatable bonds is 6. The van der Waals surface area contributed by atoms with Crippen LogP contribution >= 0.6 is 0 Å². The van der Waals surface area contributed by atoms with Gasteiger partial charge in [0.15, 0.2) is 11.3 Å². The molecule has 0 aliphatic rings. The molecular formula is C13H13N3O5. The van der Waals surface area contributed by atoms with Gasteiger partial charge in [-0.1, -0.05) is 0 Å². The molecule has 8 nitrogen and oxygen atoms in total. The first kappa shape index (κ1) is 16.0. The Hall–Kier alpha value is -3.08. The van der Waals surface area contributed by atoms with Crippen molar-refractivity contribution in [3.05, 3.63) is 40.1 Å². The van der Waals surface area contributed by atoms with E-state index in [0.717, 1.165) is 6.20 Å². The van der Waals surface area contributed by atoms with Crippen LogP contribution in [0.15, 0.2) is 30.0 Å². The molecule has 0 spiro atoms. The maximum Gasteiger partial charge on any atom is 0.350 e. The van der Waals surface area contributed by atoms with Crippen LogP contribution in [0.4, 0.5) is 11.4 Å². The van der Waals surface area contributed by atoms with E-state index in [1.165, 1.54) is 25.3 Å². The number of ether oxygens (including phenoxy) is 2. The Morgan fingerprint density at radius 3 is 2.81 bits per heavy atom. The Bertz CT molecular complexity index is 619. The first-order valence-corrected chi connectivity index (χ1v) is 5.89. The summed E-state index contributed by atoms with van der Waals surface area (Å²) in [5.74, 6) is -0.657. The zero-order valence-electron chi connectivity index (χ0n) is 11.5. The molecule has 0 atom stereocenters. The molecule has 0 aromatic heterocycles. The van der Waals surface area contributed by atoms with Gasteiger partial charge in [0.05, 0.1) is 18.6 Å². The van der Waals surface area contributed by atoms with Crippen LogP contribution in [0.5, 0.6) is 5.75 Å². The van der Waals surface area contributed by atoms with Crippen molar-refractivity contribution in [2.75, 3.05) is 19.0 Å². The van der Waals surface area contributed by atoms with Gasteiger partial charge >= 0.3 is 11.7 Å². The number of hydrogen-bond donors (Lipinski definition) is 1. The Labute approximate surface area is 120 Å². The predicted octanol–water partition coefficient (Wildman–Crippen LogP) is 1.99. The Kier molecular flexibility index (Phi) is 5.70. The van der Waals surface area contributed by atoms with Gasteiger partial charge in [-0.25, -0.2) is 4.79 Å². The fourth-order valence-electron chi connectivity index (χ4n) is 1.42. The van der Waals surface area contributed by atoms with Crippen LogP contribution in [0, 0.1) is 21.4 Å². The van der Waals surface area contributed by atoms with Gasteiger partial charge in [0, 0.05) is 18.0 Å². The van der Waals surface area contributed by atoms with Gasteiger partial charge in [0.2, 0.25) is 0 Å². The van der Waals surface area contributed by atoms with Crippen LogP contribution < -0.4 is 10.1 Å². The van der Waals surface area contributed by atoms with Crippen molar-refractivity contribution in [3.8, 4) is 11.8 Å². The summed E-state index contributed by atoms with van der Waals surface area (Å²) in [6.07, 6.45) is 1.13. The minimum Gasteiger partial charge on any atom is -0.490 e. The number of hydrogen-bond acceptors (Lipinski definition) is 7. The second kappa shape index (κ2) is 7.49. The van der Waals surface area contributed by atoms with Crippen LogP contribution in [-0.4, -0.2) is 24.6 Å². The summed E-state index contributed by atoms with van der Waals surface area (Å²) in [5, 5.41) is 22.4. The molecule has 0 fully saturated rings. The van der Waals surface area contributed by atoms with Crippen molar-refractivity contribution < 1.29 is 19.2 Å². The van der Waals surface area contributed by atoms with Crippen LogP contribution in [0.2, 0.25) is 0 Å². The molecule has 0 amide bonds. The summed E-state index contributed by atoms with van der Waals surface area (Å²) in [4.78, 5) is 21.7. The summed E-state index contributed by atoms with van der Waals surface area (Å²) in [5.41, 5.74) is -0.139. The highest BCUT2D eigenvalue weighted by Crippen LogP contribution is 2.29. The molecule has 1 N–H and O–H groups in total. The molecule has 0 radical (unpaired) electrons. The monoisotopic (exact) mass is 291 g/mol. The highest BCUT2D eigenvalue weighted by Gasteiger charge is 2.15. The third-order valence-corrected chi connectivity index (χ3v) is 2.37. The lowest BCUT2D eigenvalue weighted by molar-refractivity contribution is -0.385. The second-order valence-electron chi connectivity index (χ2n) is 3.68. The largest absolute Gasteiger partial charge is 0.490 e. The van der Waals surface area contributed by atoms with Gasteiger partial charge in [-0.05, 0) is 19.1 Å². The molecule has 1 aromatic carbocycles. The second-order valence-corrected chi connectivity index (χ2v) is 3.68. The number of anilines is 1. The number of benzene rings is 1. The van der Waals surface area contributed by atoms with E-state index in [9.17, 15) is 14.9 Å². The summed E-state index contributed by atoms with van der Waals surface area (Å²) in [7, 11) is 1.32. The standard InChI is InChI=1S/C13H13N3O5/c1-3-21-13(17)9(7-14)8-15-10-4-5-12(20-2)11(6-10)16(18)19/h4-6,8,15H,3H2,1-2H3/b9-8-. The summed E-state index contributed by atoms with van der Waals surface area (Å²) in [6, 6.07) is 5.84. The SMILES string of the molecule is CCOC(=O)/C(C#N)=C\Nc1ccc(OC)c([N+](=O)[O-])c1. The predicted molar refractivity (Wildman–Crippen MR) is 73.6 cm³/mol. The van der Waals surface area contributed by atoms with Crippen molar-refractivity contribution in [3.63, 3.8) is 0 Å². The maximum atomic E-state index is 11.4. The molecule has 0 bridgehead atoms. The van der Waals surface area contributed by atoms with Gasteiger partial charge in [-0.3, -0.25) is 10.1 Å². The highest BCUT2D eigenvalue weighted by molar-refractivity contribution is 5.93. The minimum absolute atomic E-state index is 0.112. The smallest absolute Gasteiger partial charge is 0.350 e. The van der Waals surface area contributed by atoms with Crippen LogP contribution in [0.3, 0.4) is 0 Å². The van der Waals surface area contributed by atoms with E-state index < -0.39 is 10.9 Å². The van der Waals surface area contributed by atoms with E-state index in [4.69, 9.17) is 10.00 Å². The maximum absolute atomic E-state index is 11.4. The quantitative estimate of drug-likeness (QED) is 0.280. The topological polar surface area (TPSA) is 114 Å². The van der Waals surface area contributed by atoms with Gasteiger partial charge in [0.1, 0.15) is 6.07 Å². The van der Waals surface area contributed by atoms with E-state index in [1.54, 1.807) is 13.0 Å². The molecule has 0 aliphatic carbocycles. The zero-order valence-corrected chi connectivity index (χ0v) is 11.5. The number of esters is 1. The molecule has 1 rings (SSSR count). The number of nitrogens with one attached hydrogen (secondary N) is 1. The number of carbonyl (C=O) groups excluding carboxylic acids is 1. The Morgan fingerprint density at radius 2 is 2.29 bits per heavy atom. The number of nitrogens with zero attached hydrogens (tertiary/aromatic N) is 2. The van der Waals surface area contributed by atoms with Gasteiger partial charge in [0.25, 0.3) is 0 Å². The van der Waals surface area contributed by atoms with Gasteiger partial charge < -0.3 is 14.8 Å². The molecule has 0 unspecified atom stereocenters. The fraction of sp³-hybridized carbons (Fsp3) is 0.231. The molecule has 110 valence electrons. The van der Waals surface area contributed by atoms with Crippen molar-refractivity contribution in [1.82, 2.24) is 0 Å². The molecule has 0 saturated heterocycles. The highest BCUT2D eigenvalue weighted by atomic mass is 16.6. The number of nitriles is 1. The zero-order chi connectivity index (χ0) is 15.8. The van der Waals surface area contributed by atoms with Crippen LogP contribution in [0.25, 0.3) is 0 Å². The normalized spacial score (nSPS) is 10.4. The first-order chi connectivity index (χ1) is 10.0. The van der Waals surface area contributed by atoms with E-state index in [0.29, 0.717) is 5.69 Å². The third-order valence-electron chi connectivity index (χ3n) is 2.37. The van der Waals surface area contributed by atoms with E-state index in [2.05, 4.69) is 10.1 Å². The third kappa shape index (κ3) is 4.21. The lowest BCUT2D eigenvalue weighted by Crippen LogP contribution is -2.08. The molecule has 8 heteroatoms. The number of carbonyl (C=O) groups is 1. The van der Waals surface area contributed by atoms with Crippen molar-refractivity contribution in [1.29, 1.82) is 5.26 Å². The fourth-order valence-corrected chi connectivity index (χ4v) is 1.42. The van der Waals surface area contributed by atoms with Gasteiger partial charge in [-0.15, -0.1) is 0 Å².